The van der Waals surface area contributed by atoms with Gasteiger partial charge in [0.15, 0.2) is 0 Å². The van der Waals surface area contributed by atoms with Crippen molar-refractivity contribution in [3.05, 3.63) is 40.7 Å². The zero-order valence-electron chi connectivity index (χ0n) is 9.37. The van der Waals surface area contributed by atoms with Crippen molar-refractivity contribution in [1.29, 1.82) is 0 Å². The van der Waals surface area contributed by atoms with Crippen LogP contribution in [0.25, 0.3) is 0 Å². The molecule has 0 spiro atoms. The highest BCUT2D eigenvalue weighted by atomic mass is 127. The third-order valence-electron chi connectivity index (χ3n) is 2.40. The lowest BCUT2D eigenvalue weighted by atomic mass is 10.1. The minimum Gasteiger partial charge on any atom is -0.306 e. The van der Waals surface area contributed by atoms with Gasteiger partial charge in [-0.05, 0) is 80.6 Å². The maximum Gasteiger partial charge on any atom is 0.0702 e. The highest BCUT2D eigenvalue weighted by Crippen LogP contribution is 2.33. The number of hydrogen-bond acceptors (Lipinski definition) is 3. The molecule has 0 saturated carbocycles. The summed E-state index contributed by atoms with van der Waals surface area (Å²) in [7, 11) is 0. The van der Waals surface area contributed by atoms with Gasteiger partial charge in [0.05, 0.1) is 12.7 Å². The molecular formula is C12H13BrINS2. The fraction of sp³-hybridized carbons (Fsp3) is 0.333. The second-order valence-electron chi connectivity index (χ2n) is 3.71. The van der Waals surface area contributed by atoms with Gasteiger partial charge in [0.25, 0.3) is 0 Å². The first-order chi connectivity index (χ1) is 8.20. The van der Waals surface area contributed by atoms with E-state index < -0.39 is 0 Å². The Morgan fingerprint density at radius 1 is 1.47 bits per heavy atom. The summed E-state index contributed by atoms with van der Waals surface area (Å²) in [6, 6.07) is 6.93. The molecule has 1 unspecified atom stereocenters. The smallest absolute Gasteiger partial charge is 0.0702 e. The summed E-state index contributed by atoms with van der Waals surface area (Å²) < 4.78 is 2.54. The van der Waals surface area contributed by atoms with Gasteiger partial charge in [0.2, 0.25) is 0 Å². The van der Waals surface area contributed by atoms with E-state index in [4.69, 9.17) is 0 Å². The third-order valence-corrected chi connectivity index (χ3v) is 5.89. The third kappa shape index (κ3) is 3.76. The van der Waals surface area contributed by atoms with E-state index in [0.717, 1.165) is 13.0 Å². The summed E-state index contributed by atoms with van der Waals surface area (Å²) in [5.74, 6) is 0. The lowest BCUT2D eigenvalue weighted by Gasteiger charge is -2.15. The molecule has 0 bridgehead atoms. The van der Waals surface area contributed by atoms with Crippen LogP contribution in [-0.4, -0.2) is 6.54 Å². The summed E-state index contributed by atoms with van der Waals surface area (Å²) in [6.45, 7) is 3.25. The van der Waals surface area contributed by atoms with Crippen molar-refractivity contribution >= 4 is 61.2 Å². The van der Waals surface area contributed by atoms with Crippen molar-refractivity contribution in [3.8, 4) is 0 Å². The van der Waals surface area contributed by atoms with E-state index in [-0.39, 0.29) is 0 Å². The number of thiophene rings is 2. The van der Waals surface area contributed by atoms with Gasteiger partial charge in [-0.1, -0.05) is 6.92 Å². The minimum absolute atomic E-state index is 0.339. The molecule has 0 saturated heterocycles. The Morgan fingerprint density at radius 3 is 2.82 bits per heavy atom. The Labute approximate surface area is 132 Å². The standard InChI is InChI=1S/C12H13BrINS2/c1-2-5-15-12(8-6-11(14)16-7-8)9-3-4-10(13)17-9/h3-4,6-7,12,15H,2,5H2,1H3. The van der Waals surface area contributed by atoms with Crippen LogP contribution in [-0.2, 0) is 0 Å². The predicted molar refractivity (Wildman–Crippen MR) is 89.2 cm³/mol. The van der Waals surface area contributed by atoms with E-state index in [1.807, 2.05) is 11.3 Å². The van der Waals surface area contributed by atoms with Gasteiger partial charge in [0.1, 0.15) is 0 Å². The predicted octanol–water partition coefficient (Wildman–Crippen LogP) is 5.27. The Kier molecular flexibility index (Phi) is 5.48. The summed E-state index contributed by atoms with van der Waals surface area (Å²) in [5, 5.41) is 5.87. The second kappa shape index (κ2) is 6.65. The van der Waals surface area contributed by atoms with Crippen LogP contribution in [0.4, 0.5) is 0 Å². The molecule has 2 rings (SSSR count). The van der Waals surface area contributed by atoms with E-state index in [0.29, 0.717) is 6.04 Å². The van der Waals surface area contributed by atoms with E-state index in [9.17, 15) is 0 Å². The van der Waals surface area contributed by atoms with Crippen LogP contribution in [0.15, 0.2) is 27.4 Å². The van der Waals surface area contributed by atoms with E-state index in [1.165, 1.54) is 17.1 Å². The van der Waals surface area contributed by atoms with E-state index in [2.05, 4.69) is 74.3 Å². The molecule has 1 atom stereocenters. The van der Waals surface area contributed by atoms with Gasteiger partial charge in [-0.3, -0.25) is 0 Å². The monoisotopic (exact) mass is 441 g/mol. The molecule has 0 radical (unpaired) electrons. The molecular weight excluding hydrogens is 429 g/mol. The molecule has 5 heteroatoms. The van der Waals surface area contributed by atoms with Crippen LogP contribution in [0, 0.1) is 2.88 Å². The molecule has 1 nitrogen and oxygen atoms in total. The molecule has 1 N–H and O–H groups in total. The number of nitrogens with one attached hydrogen (secondary N) is 1. The molecule has 0 fully saturated rings. The van der Waals surface area contributed by atoms with Gasteiger partial charge >= 0.3 is 0 Å². The van der Waals surface area contributed by atoms with Crippen molar-refractivity contribution < 1.29 is 0 Å². The van der Waals surface area contributed by atoms with E-state index in [1.54, 1.807) is 11.3 Å². The van der Waals surface area contributed by atoms with Crippen LogP contribution < -0.4 is 5.32 Å². The van der Waals surface area contributed by atoms with Gasteiger partial charge in [-0.15, -0.1) is 22.7 Å². The zero-order chi connectivity index (χ0) is 12.3. The highest BCUT2D eigenvalue weighted by molar-refractivity contribution is 14.1. The fourth-order valence-corrected chi connectivity index (χ4v) is 4.55. The molecule has 0 aromatic carbocycles. The van der Waals surface area contributed by atoms with Crippen molar-refractivity contribution in [2.45, 2.75) is 19.4 Å². The normalized spacial score (nSPS) is 12.9. The maximum atomic E-state index is 3.62. The summed E-state index contributed by atoms with van der Waals surface area (Å²) >= 11 is 9.53. The van der Waals surface area contributed by atoms with Crippen LogP contribution in [0.3, 0.4) is 0 Å². The molecule has 2 aromatic heterocycles. The maximum absolute atomic E-state index is 3.62. The summed E-state index contributed by atoms with van der Waals surface area (Å²) in [6.07, 6.45) is 1.16. The minimum atomic E-state index is 0.339. The van der Waals surface area contributed by atoms with Crippen LogP contribution in [0.5, 0.6) is 0 Å². The lowest BCUT2D eigenvalue weighted by Crippen LogP contribution is -2.21. The fourth-order valence-electron chi connectivity index (χ4n) is 1.63. The topological polar surface area (TPSA) is 12.0 Å². The van der Waals surface area contributed by atoms with Gasteiger partial charge in [-0.25, -0.2) is 0 Å². The molecule has 0 amide bonds. The first-order valence-electron chi connectivity index (χ1n) is 5.43. The Balaban J connectivity index is 2.24. The Morgan fingerprint density at radius 2 is 2.29 bits per heavy atom. The molecule has 17 heavy (non-hydrogen) atoms. The highest BCUT2D eigenvalue weighted by Gasteiger charge is 2.16. The van der Waals surface area contributed by atoms with Gasteiger partial charge < -0.3 is 5.32 Å². The SMILES string of the molecule is CCCNC(c1csc(I)c1)c1ccc(Br)s1. The summed E-state index contributed by atoms with van der Waals surface area (Å²) in [5.41, 5.74) is 1.38. The molecule has 92 valence electrons. The molecule has 2 aromatic rings. The molecule has 0 aliphatic carbocycles. The number of hydrogen-bond donors (Lipinski definition) is 1. The van der Waals surface area contributed by atoms with Crippen LogP contribution in [0.2, 0.25) is 0 Å². The van der Waals surface area contributed by atoms with Crippen LogP contribution >= 0.6 is 61.2 Å². The summed E-state index contributed by atoms with van der Waals surface area (Å²) in [4.78, 5) is 1.37. The quantitative estimate of drug-likeness (QED) is 0.623. The molecule has 2 heterocycles. The van der Waals surface area contributed by atoms with Crippen LogP contribution in [0.1, 0.15) is 29.8 Å². The molecule has 0 aliphatic rings. The zero-order valence-corrected chi connectivity index (χ0v) is 14.7. The average Bonchev–Trinajstić information content (AvgIpc) is 2.89. The Bertz CT molecular complexity index is 440. The van der Waals surface area contributed by atoms with Gasteiger partial charge in [-0.2, -0.15) is 0 Å². The molecule has 0 aliphatic heterocycles. The first-order valence-corrected chi connectivity index (χ1v) is 9.00. The average molecular weight is 442 g/mol. The Hall–Kier alpha value is 0.570. The first kappa shape index (κ1) is 14.0. The second-order valence-corrected chi connectivity index (χ2v) is 9.01. The lowest BCUT2D eigenvalue weighted by molar-refractivity contribution is 0.607. The van der Waals surface area contributed by atoms with Crippen molar-refractivity contribution in [2.24, 2.45) is 0 Å². The van der Waals surface area contributed by atoms with Crippen molar-refractivity contribution in [1.82, 2.24) is 5.32 Å². The van der Waals surface area contributed by atoms with Gasteiger partial charge in [0, 0.05) is 4.88 Å². The largest absolute Gasteiger partial charge is 0.306 e. The number of halogens is 2. The van der Waals surface area contributed by atoms with Crippen molar-refractivity contribution in [3.63, 3.8) is 0 Å². The van der Waals surface area contributed by atoms with Crippen molar-refractivity contribution in [2.75, 3.05) is 6.54 Å². The number of rotatable bonds is 5. The van der Waals surface area contributed by atoms with E-state index >= 15 is 0 Å².